The standard InChI is InChI=1S/C15H30N2O/c1-3-8-16-15-12-18-11-14(15)10-17(4-2)9-13-6-5-7-13/h13-16H,3-12H2,1-2H3. The maximum atomic E-state index is 5.67. The van der Waals surface area contributed by atoms with E-state index in [1.165, 1.54) is 45.3 Å². The predicted octanol–water partition coefficient (Wildman–Crippen LogP) is 2.12. The van der Waals surface area contributed by atoms with Gasteiger partial charge in [-0.3, -0.25) is 0 Å². The van der Waals surface area contributed by atoms with E-state index in [9.17, 15) is 0 Å². The molecule has 0 amide bonds. The van der Waals surface area contributed by atoms with E-state index < -0.39 is 0 Å². The monoisotopic (exact) mass is 254 g/mol. The van der Waals surface area contributed by atoms with Crippen molar-refractivity contribution in [2.45, 2.75) is 45.6 Å². The molecule has 2 atom stereocenters. The first-order valence-electron chi connectivity index (χ1n) is 7.87. The number of rotatable bonds is 8. The highest BCUT2D eigenvalue weighted by atomic mass is 16.5. The molecule has 0 aromatic heterocycles. The smallest absolute Gasteiger partial charge is 0.0623 e. The quantitative estimate of drug-likeness (QED) is 0.718. The third-order valence-electron chi connectivity index (χ3n) is 4.54. The van der Waals surface area contributed by atoms with E-state index in [0.717, 1.165) is 25.7 Å². The summed E-state index contributed by atoms with van der Waals surface area (Å²) in [5.41, 5.74) is 0. The molecule has 2 aliphatic rings. The van der Waals surface area contributed by atoms with E-state index in [1.54, 1.807) is 0 Å². The molecule has 3 nitrogen and oxygen atoms in total. The van der Waals surface area contributed by atoms with Crippen LogP contribution < -0.4 is 5.32 Å². The Morgan fingerprint density at radius 3 is 2.61 bits per heavy atom. The van der Waals surface area contributed by atoms with Crippen LogP contribution >= 0.6 is 0 Å². The van der Waals surface area contributed by atoms with Gasteiger partial charge in [-0.2, -0.15) is 0 Å². The summed E-state index contributed by atoms with van der Waals surface area (Å²) in [5.74, 6) is 1.67. The van der Waals surface area contributed by atoms with Gasteiger partial charge in [-0.15, -0.1) is 0 Å². The van der Waals surface area contributed by atoms with Crippen molar-refractivity contribution in [1.82, 2.24) is 10.2 Å². The maximum Gasteiger partial charge on any atom is 0.0623 e. The minimum Gasteiger partial charge on any atom is -0.379 e. The molecule has 1 aliphatic heterocycles. The molecule has 106 valence electrons. The Morgan fingerprint density at radius 1 is 1.17 bits per heavy atom. The Kier molecular flexibility index (Phi) is 5.93. The number of ether oxygens (including phenoxy) is 1. The molecule has 1 heterocycles. The molecule has 1 aliphatic carbocycles. The van der Waals surface area contributed by atoms with Crippen molar-refractivity contribution in [3.8, 4) is 0 Å². The Balaban J connectivity index is 1.74. The van der Waals surface area contributed by atoms with Crippen molar-refractivity contribution in [3.63, 3.8) is 0 Å². The van der Waals surface area contributed by atoms with Crippen LogP contribution in [0.5, 0.6) is 0 Å². The fourth-order valence-electron chi connectivity index (χ4n) is 3.04. The SMILES string of the molecule is CCCNC1COCC1CN(CC)CC1CCC1. The van der Waals surface area contributed by atoms with Crippen molar-refractivity contribution in [3.05, 3.63) is 0 Å². The summed E-state index contributed by atoms with van der Waals surface area (Å²) < 4.78 is 5.67. The number of nitrogens with zero attached hydrogens (tertiary/aromatic N) is 1. The third kappa shape index (κ3) is 3.94. The number of nitrogens with one attached hydrogen (secondary N) is 1. The molecule has 0 aromatic carbocycles. The van der Waals surface area contributed by atoms with Crippen LogP contribution in [0, 0.1) is 11.8 Å². The van der Waals surface area contributed by atoms with Crippen LogP contribution in [0.25, 0.3) is 0 Å². The van der Waals surface area contributed by atoms with Gasteiger partial charge in [0.2, 0.25) is 0 Å². The summed E-state index contributed by atoms with van der Waals surface area (Å²) in [5, 5.41) is 3.64. The summed E-state index contributed by atoms with van der Waals surface area (Å²) in [6.07, 6.45) is 5.57. The van der Waals surface area contributed by atoms with Crippen molar-refractivity contribution in [1.29, 1.82) is 0 Å². The van der Waals surface area contributed by atoms with E-state index in [-0.39, 0.29) is 0 Å². The largest absolute Gasteiger partial charge is 0.379 e. The molecule has 3 heteroatoms. The summed E-state index contributed by atoms with van der Waals surface area (Å²) in [6.45, 7) is 11.2. The zero-order valence-electron chi connectivity index (χ0n) is 12.2. The highest BCUT2D eigenvalue weighted by Gasteiger charge is 2.30. The molecular weight excluding hydrogens is 224 g/mol. The molecular formula is C15H30N2O. The summed E-state index contributed by atoms with van der Waals surface area (Å²) in [6, 6.07) is 0.584. The Hall–Kier alpha value is -0.120. The Labute approximate surface area is 112 Å². The first-order valence-corrected chi connectivity index (χ1v) is 7.87. The highest BCUT2D eigenvalue weighted by Crippen LogP contribution is 2.27. The molecule has 2 unspecified atom stereocenters. The van der Waals surface area contributed by atoms with E-state index in [1.807, 2.05) is 0 Å². The van der Waals surface area contributed by atoms with Gasteiger partial charge in [0.1, 0.15) is 0 Å². The van der Waals surface area contributed by atoms with Gasteiger partial charge in [-0.1, -0.05) is 20.3 Å². The molecule has 0 aromatic rings. The predicted molar refractivity (Wildman–Crippen MR) is 75.8 cm³/mol. The van der Waals surface area contributed by atoms with Gasteiger partial charge in [0.15, 0.2) is 0 Å². The van der Waals surface area contributed by atoms with Gasteiger partial charge in [0.05, 0.1) is 13.2 Å². The second-order valence-electron chi connectivity index (χ2n) is 6.01. The fraction of sp³-hybridized carbons (Fsp3) is 1.00. The average molecular weight is 254 g/mol. The van der Waals surface area contributed by atoms with Gasteiger partial charge < -0.3 is 15.0 Å². The summed E-state index contributed by atoms with van der Waals surface area (Å²) in [4.78, 5) is 2.64. The van der Waals surface area contributed by atoms with Crippen LogP contribution in [-0.4, -0.2) is 50.3 Å². The Morgan fingerprint density at radius 2 is 2.00 bits per heavy atom. The molecule has 2 fully saturated rings. The van der Waals surface area contributed by atoms with E-state index in [4.69, 9.17) is 4.74 Å². The van der Waals surface area contributed by atoms with Gasteiger partial charge in [-0.05, 0) is 38.3 Å². The Bertz CT molecular complexity index is 231. The minimum atomic E-state index is 0.584. The normalized spacial score (nSPS) is 28.8. The van der Waals surface area contributed by atoms with Crippen molar-refractivity contribution in [2.24, 2.45) is 11.8 Å². The lowest BCUT2D eigenvalue weighted by atomic mass is 9.85. The molecule has 0 radical (unpaired) electrons. The van der Waals surface area contributed by atoms with Crippen LogP contribution in [0.1, 0.15) is 39.5 Å². The first-order chi connectivity index (χ1) is 8.83. The summed E-state index contributed by atoms with van der Waals surface area (Å²) in [7, 11) is 0. The van der Waals surface area contributed by atoms with E-state index in [0.29, 0.717) is 12.0 Å². The van der Waals surface area contributed by atoms with Crippen LogP contribution in [-0.2, 0) is 4.74 Å². The molecule has 1 saturated carbocycles. The zero-order chi connectivity index (χ0) is 12.8. The van der Waals surface area contributed by atoms with Crippen LogP contribution in [0.2, 0.25) is 0 Å². The van der Waals surface area contributed by atoms with Crippen LogP contribution in [0.3, 0.4) is 0 Å². The van der Waals surface area contributed by atoms with Crippen molar-refractivity contribution in [2.75, 3.05) is 39.4 Å². The minimum absolute atomic E-state index is 0.584. The maximum absolute atomic E-state index is 5.67. The highest BCUT2D eigenvalue weighted by molar-refractivity contribution is 4.84. The number of hydrogen-bond donors (Lipinski definition) is 1. The van der Waals surface area contributed by atoms with Crippen LogP contribution in [0.4, 0.5) is 0 Å². The zero-order valence-corrected chi connectivity index (χ0v) is 12.2. The third-order valence-corrected chi connectivity index (χ3v) is 4.54. The molecule has 1 saturated heterocycles. The second-order valence-corrected chi connectivity index (χ2v) is 6.01. The fourth-order valence-corrected chi connectivity index (χ4v) is 3.04. The summed E-state index contributed by atoms with van der Waals surface area (Å²) >= 11 is 0. The van der Waals surface area contributed by atoms with Gasteiger partial charge in [0.25, 0.3) is 0 Å². The number of hydrogen-bond acceptors (Lipinski definition) is 3. The molecule has 2 rings (SSSR count). The van der Waals surface area contributed by atoms with E-state index >= 15 is 0 Å². The molecule has 0 spiro atoms. The lowest BCUT2D eigenvalue weighted by molar-refractivity contribution is 0.143. The molecule has 1 N–H and O–H groups in total. The lowest BCUT2D eigenvalue weighted by Gasteiger charge is -2.34. The van der Waals surface area contributed by atoms with Gasteiger partial charge in [-0.25, -0.2) is 0 Å². The lowest BCUT2D eigenvalue weighted by Crippen LogP contribution is -2.43. The molecule has 0 bridgehead atoms. The topological polar surface area (TPSA) is 24.5 Å². The van der Waals surface area contributed by atoms with Crippen LogP contribution in [0.15, 0.2) is 0 Å². The van der Waals surface area contributed by atoms with Gasteiger partial charge >= 0.3 is 0 Å². The molecule has 18 heavy (non-hydrogen) atoms. The van der Waals surface area contributed by atoms with E-state index in [2.05, 4.69) is 24.1 Å². The van der Waals surface area contributed by atoms with Crippen molar-refractivity contribution < 1.29 is 4.74 Å². The van der Waals surface area contributed by atoms with Gasteiger partial charge in [0, 0.05) is 25.0 Å². The van der Waals surface area contributed by atoms with Crippen molar-refractivity contribution >= 4 is 0 Å². The second kappa shape index (κ2) is 7.46. The first kappa shape index (κ1) is 14.3. The average Bonchev–Trinajstić information content (AvgIpc) is 2.76.